The molecule has 11 rings (SSSR count). The molecule has 0 radical (unpaired) electrons. The van der Waals surface area contributed by atoms with Gasteiger partial charge in [0.1, 0.15) is 15.9 Å². The maximum atomic E-state index is 12.5. The fourth-order valence-electron chi connectivity index (χ4n) is 8.78. The third-order valence-electron chi connectivity index (χ3n) is 12.0. The number of nitrogens with zero attached hydrogens (tertiary/aromatic N) is 3. The number of fused-ring (bicyclic) bond motifs is 3. The van der Waals surface area contributed by atoms with E-state index < -0.39 is 7.49 Å². The summed E-state index contributed by atoms with van der Waals surface area (Å²) in [6.07, 6.45) is 0. The second-order valence-electron chi connectivity index (χ2n) is 15.9. The molecule has 0 unspecified atom stereocenters. The van der Waals surface area contributed by atoms with Gasteiger partial charge in [0.25, 0.3) is 0 Å². The molecule has 2 heterocycles. The van der Waals surface area contributed by atoms with E-state index in [4.69, 9.17) is 15.0 Å². The van der Waals surface area contributed by atoms with Crippen molar-refractivity contribution >= 4 is 45.1 Å². The first-order valence-corrected chi connectivity index (χ1v) is 23.2. The summed E-state index contributed by atoms with van der Waals surface area (Å²) in [7, 11) is -2.87. The molecule has 0 amide bonds. The minimum atomic E-state index is -2.87. The van der Waals surface area contributed by atoms with Gasteiger partial charge < -0.3 is 0 Å². The average Bonchev–Trinajstić information content (AvgIpc) is 3.39. The van der Waals surface area contributed by atoms with Crippen molar-refractivity contribution in [3.8, 4) is 67.4 Å². The summed E-state index contributed by atoms with van der Waals surface area (Å²) >= 11 is 0. The first-order valence-electron chi connectivity index (χ1n) is 21.5. The van der Waals surface area contributed by atoms with Crippen molar-refractivity contribution < 1.29 is 4.89 Å². The summed E-state index contributed by atoms with van der Waals surface area (Å²) in [4.78, 5) is 27.9. The Morgan fingerprint density at radius 1 is 0.312 bits per heavy atom. The fourth-order valence-corrected chi connectivity index (χ4v) is 11.5. The standard InChI is InChI=1S/C59H41N3OP/c63-64(48-20-9-3-10-21-48,49-22-11-4-12-23-49)50-38-36-45(37-39-50)56-40-55(61-59(62-56)47-18-7-2-8-19-47)44-34-30-42(31-35-44)41-28-32-43(33-29-41)51-25-15-26-53-57(51)52-24-13-14-27-54(52)60-58(53)46-16-5-1-6-17-46/h1-40,63H/q+1. The summed E-state index contributed by atoms with van der Waals surface area (Å²) in [5.41, 5.74) is 12.2. The van der Waals surface area contributed by atoms with Crippen LogP contribution in [-0.4, -0.2) is 19.8 Å². The third kappa shape index (κ3) is 7.25. The minimum Gasteiger partial charge on any atom is -0.247 e. The van der Waals surface area contributed by atoms with Gasteiger partial charge >= 0.3 is 0 Å². The molecule has 0 saturated carbocycles. The highest BCUT2D eigenvalue weighted by Crippen LogP contribution is 2.51. The summed E-state index contributed by atoms with van der Waals surface area (Å²) in [5.74, 6) is 0.655. The van der Waals surface area contributed by atoms with Gasteiger partial charge in [-0.25, -0.2) is 19.8 Å². The van der Waals surface area contributed by atoms with Gasteiger partial charge in [0.15, 0.2) is 5.82 Å². The molecule has 0 aliphatic heterocycles. The molecule has 0 aliphatic carbocycles. The van der Waals surface area contributed by atoms with E-state index in [-0.39, 0.29) is 0 Å². The Bertz CT molecular complexity index is 3360. The molecule has 11 aromatic rings. The van der Waals surface area contributed by atoms with Crippen LogP contribution in [0.1, 0.15) is 0 Å². The van der Waals surface area contributed by atoms with E-state index in [0.717, 1.165) is 88.2 Å². The van der Waals surface area contributed by atoms with Crippen LogP contribution in [-0.2, 0) is 0 Å². The van der Waals surface area contributed by atoms with Crippen molar-refractivity contribution in [2.24, 2.45) is 0 Å². The molecule has 0 fully saturated rings. The highest BCUT2D eigenvalue weighted by atomic mass is 31.2. The zero-order valence-corrected chi connectivity index (χ0v) is 35.7. The molecule has 2 aromatic heterocycles. The minimum absolute atomic E-state index is 0.655. The second-order valence-corrected chi connectivity index (χ2v) is 18.7. The lowest BCUT2D eigenvalue weighted by atomic mass is 9.92. The maximum Gasteiger partial charge on any atom is 0.238 e. The van der Waals surface area contributed by atoms with Gasteiger partial charge in [-0.2, -0.15) is 0 Å². The van der Waals surface area contributed by atoms with Crippen LogP contribution in [0.15, 0.2) is 243 Å². The van der Waals surface area contributed by atoms with Crippen LogP contribution < -0.4 is 15.9 Å². The lowest BCUT2D eigenvalue weighted by Crippen LogP contribution is -2.30. The Morgan fingerprint density at radius 2 is 0.750 bits per heavy atom. The molecule has 1 N–H and O–H groups in total. The number of pyridine rings is 1. The van der Waals surface area contributed by atoms with Crippen LogP contribution >= 0.6 is 7.49 Å². The Hall–Kier alpha value is -7.88. The smallest absolute Gasteiger partial charge is 0.238 e. The Kier molecular flexibility index (Phi) is 10.2. The van der Waals surface area contributed by atoms with E-state index in [0.29, 0.717) is 5.82 Å². The SMILES string of the molecule is O[P+](c1ccccc1)(c1ccccc1)c1ccc(-c2cc(-c3ccc(-c4ccc(-c5cccc6c(-c7ccccc7)nc7ccccc7c56)cc4)cc3)nc(-c3ccccc3)n2)cc1. The second kappa shape index (κ2) is 16.8. The van der Waals surface area contributed by atoms with Gasteiger partial charge in [0.05, 0.1) is 22.6 Å². The van der Waals surface area contributed by atoms with Crippen molar-refractivity contribution in [3.05, 3.63) is 243 Å². The number of para-hydroxylation sites is 1. The Balaban J connectivity index is 0.928. The van der Waals surface area contributed by atoms with E-state index >= 15 is 0 Å². The fraction of sp³-hybridized carbons (Fsp3) is 0. The van der Waals surface area contributed by atoms with E-state index in [1.807, 2.05) is 97.1 Å². The molecule has 0 atom stereocenters. The van der Waals surface area contributed by atoms with E-state index in [9.17, 15) is 4.89 Å². The van der Waals surface area contributed by atoms with Crippen molar-refractivity contribution in [2.45, 2.75) is 0 Å². The molecule has 9 aromatic carbocycles. The molecule has 0 aliphatic rings. The molecule has 64 heavy (non-hydrogen) atoms. The predicted octanol–water partition coefficient (Wildman–Crippen LogP) is 13.4. The predicted molar refractivity (Wildman–Crippen MR) is 268 cm³/mol. The van der Waals surface area contributed by atoms with Crippen molar-refractivity contribution in [1.82, 2.24) is 15.0 Å². The lowest BCUT2D eigenvalue weighted by Gasteiger charge is -2.20. The molecule has 4 nitrogen and oxygen atoms in total. The number of hydrogen-bond acceptors (Lipinski definition) is 4. The molecular formula is C59H41N3OP+. The highest BCUT2D eigenvalue weighted by Gasteiger charge is 2.44. The van der Waals surface area contributed by atoms with Gasteiger partial charge in [-0.1, -0.05) is 182 Å². The Morgan fingerprint density at radius 3 is 1.33 bits per heavy atom. The van der Waals surface area contributed by atoms with E-state index in [1.54, 1.807) is 0 Å². The summed E-state index contributed by atoms with van der Waals surface area (Å²) in [6, 6.07) is 83.4. The van der Waals surface area contributed by atoms with Crippen LogP contribution in [0.2, 0.25) is 0 Å². The number of rotatable bonds is 9. The van der Waals surface area contributed by atoms with Crippen molar-refractivity contribution in [3.63, 3.8) is 0 Å². The first kappa shape index (κ1) is 39.0. The first-order chi connectivity index (χ1) is 31.6. The summed E-state index contributed by atoms with van der Waals surface area (Å²) in [6.45, 7) is 0. The van der Waals surface area contributed by atoms with Gasteiger partial charge in [-0.3, -0.25) is 0 Å². The van der Waals surface area contributed by atoms with Crippen molar-refractivity contribution in [1.29, 1.82) is 0 Å². The van der Waals surface area contributed by atoms with Crippen LogP contribution in [0.25, 0.3) is 89.1 Å². The van der Waals surface area contributed by atoms with Crippen LogP contribution in [0, 0.1) is 0 Å². The van der Waals surface area contributed by atoms with Gasteiger partial charge in [0, 0.05) is 38.4 Å². The van der Waals surface area contributed by atoms with Crippen LogP contribution in [0.4, 0.5) is 0 Å². The average molecular weight is 839 g/mol. The summed E-state index contributed by atoms with van der Waals surface area (Å²) < 4.78 is 0. The van der Waals surface area contributed by atoms with Gasteiger partial charge in [0.2, 0.25) is 7.49 Å². The lowest BCUT2D eigenvalue weighted by molar-refractivity contribution is 0.633. The van der Waals surface area contributed by atoms with Crippen LogP contribution in [0.3, 0.4) is 0 Å². The van der Waals surface area contributed by atoms with Gasteiger partial charge in [-0.15, -0.1) is 0 Å². The quantitative estimate of drug-likeness (QED) is 0.116. The van der Waals surface area contributed by atoms with Crippen LogP contribution in [0.5, 0.6) is 0 Å². The molecule has 0 spiro atoms. The van der Waals surface area contributed by atoms with Crippen molar-refractivity contribution in [2.75, 3.05) is 0 Å². The number of benzene rings is 9. The monoisotopic (exact) mass is 838 g/mol. The van der Waals surface area contributed by atoms with E-state index in [1.165, 1.54) is 10.9 Å². The molecular weight excluding hydrogens is 798 g/mol. The van der Waals surface area contributed by atoms with E-state index in [2.05, 4.69) is 146 Å². The largest absolute Gasteiger partial charge is 0.247 e. The Labute approximate surface area is 373 Å². The molecule has 5 heteroatoms. The highest BCUT2D eigenvalue weighted by molar-refractivity contribution is 7.91. The number of hydrogen-bond donors (Lipinski definition) is 1. The molecule has 0 saturated heterocycles. The number of aromatic nitrogens is 3. The zero-order valence-electron chi connectivity index (χ0n) is 34.8. The molecule has 0 bridgehead atoms. The maximum absolute atomic E-state index is 12.5. The van der Waals surface area contributed by atoms with Gasteiger partial charge in [-0.05, 0) is 82.9 Å². The molecule has 302 valence electrons. The zero-order chi connectivity index (χ0) is 42.9. The normalized spacial score (nSPS) is 11.5. The summed E-state index contributed by atoms with van der Waals surface area (Å²) in [5, 5.41) is 6.21. The topological polar surface area (TPSA) is 58.9 Å². The third-order valence-corrected chi connectivity index (χ3v) is 15.2.